The second-order valence-corrected chi connectivity index (χ2v) is 5.04. The van der Waals surface area contributed by atoms with Crippen LogP contribution in [0.3, 0.4) is 0 Å². The van der Waals surface area contributed by atoms with Gasteiger partial charge in [0.2, 0.25) is 5.88 Å². The average Bonchev–Trinajstić information content (AvgIpc) is 2.43. The molecule has 106 valence electrons. The molecule has 0 spiro atoms. The molecule has 0 saturated heterocycles. The molecule has 3 heteroatoms. The summed E-state index contributed by atoms with van der Waals surface area (Å²) < 4.78 is 5.90. The predicted molar refractivity (Wildman–Crippen MR) is 82.4 cm³/mol. The molecule has 0 fully saturated rings. The highest BCUT2D eigenvalue weighted by atomic mass is 16.5. The summed E-state index contributed by atoms with van der Waals surface area (Å²) >= 11 is 0. The van der Waals surface area contributed by atoms with Crippen molar-refractivity contribution >= 4 is 0 Å². The lowest BCUT2D eigenvalue weighted by Gasteiger charge is -2.10. The molecule has 0 bridgehead atoms. The smallest absolute Gasteiger partial charge is 0.219 e. The molecule has 0 radical (unpaired) electrons. The van der Waals surface area contributed by atoms with Crippen molar-refractivity contribution in [1.82, 2.24) is 10.3 Å². The molecule has 2 rings (SSSR count). The largest absolute Gasteiger partial charge is 0.439 e. The Balaban J connectivity index is 2.27. The Hall–Kier alpha value is -1.87. The molecule has 3 nitrogen and oxygen atoms in total. The summed E-state index contributed by atoms with van der Waals surface area (Å²) in [5.41, 5.74) is 4.74. The first-order chi connectivity index (χ1) is 9.62. The number of benzene rings is 1. The van der Waals surface area contributed by atoms with E-state index < -0.39 is 0 Å². The van der Waals surface area contributed by atoms with Gasteiger partial charge in [0.25, 0.3) is 0 Å². The first-order valence-corrected chi connectivity index (χ1v) is 7.02. The van der Waals surface area contributed by atoms with E-state index >= 15 is 0 Å². The van der Waals surface area contributed by atoms with E-state index in [0.717, 1.165) is 24.4 Å². The Morgan fingerprint density at radius 1 is 1.10 bits per heavy atom. The summed E-state index contributed by atoms with van der Waals surface area (Å²) in [6.45, 7) is 7.11. The number of hydrogen-bond acceptors (Lipinski definition) is 3. The van der Waals surface area contributed by atoms with Crippen LogP contribution in [0.2, 0.25) is 0 Å². The SMILES string of the molecule is CCc1cc(CNC)cc(Oc2ccc(C)c(C)c2)n1. The van der Waals surface area contributed by atoms with Crippen LogP contribution in [-0.4, -0.2) is 12.0 Å². The Morgan fingerprint density at radius 2 is 1.90 bits per heavy atom. The third-order valence-electron chi connectivity index (χ3n) is 3.36. The maximum Gasteiger partial charge on any atom is 0.219 e. The third kappa shape index (κ3) is 3.58. The molecule has 0 unspecified atom stereocenters. The van der Waals surface area contributed by atoms with Crippen LogP contribution in [0.4, 0.5) is 0 Å². The molecule has 0 aliphatic carbocycles. The van der Waals surface area contributed by atoms with Gasteiger partial charge in [-0.15, -0.1) is 0 Å². The summed E-state index contributed by atoms with van der Waals surface area (Å²) in [7, 11) is 1.94. The zero-order chi connectivity index (χ0) is 14.5. The van der Waals surface area contributed by atoms with E-state index in [-0.39, 0.29) is 0 Å². The summed E-state index contributed by atoms with van der Waals surface area (Å²) in [6, 6.07) is 10.2. The zero-order valence-corrected chi connectivity index (χ0v) is 12.7. The first-order valence-electron chi connectivity index (χ1n) is 7.02. The number of nitrogens with zero attached hydrogens (tertiary/aromatic N) is 1. The number of rotatable bonds is 5. The van der Waals surface area contributed by atoms with Crippen molar-refractivity contribution in [3.05, 3.63) is 52.7 Å². The fourth-order valence-corrected chi connectivity index (χ4v) is 2.06. The van der Waals surface area contributed by atoms with Gasteiger partial charge in [0.15, 0.2) is 0 Å². The van der Waals surface area contributed by atoms with Gasteiger partial charge >= 0.3 is 0 Å². The molecular weight excluding hydrogens is 248 g/mol. The lowest BCUT2D eigenvalue weighted by Crippen LogP contribution is -2.06. The van der Waals surface area contributed by atoms with Crippen molar-refractivity contribution in [3.63, 3.8) is 0 Å². The van der Waals surface area contributed by atoms with Crippen molar-refractivity contribution in [3.8, 4) is 11.6 Å². The average molecular weight is 270 g/mol. The van der Waals surface area contributed by atoms with Gasteiger partial charge in [-0.1, -0.05) is 13.0 Å². The molecule has 0 saturated carbocycles. The lowest BCUT2D eigenvalue weighted by molar-refractivity contribution is 0.459. The monoisotopic (exact) mass is 270 g/mol. The van der Waals surface area contributed by atoms with Gasteiger partial charge < -0.3 is 10.1 Å². The molecule has 2 aromatic rings. The number of ether oxygens (including phenoxy) is 1. The van der Waals surface area contributed by atoms with Crippen molar-refractivity contribution in [2.45, 2.75) is 33.7 Å². The highest BCUT2D eigenvalue weighted by Crippen LogP contribution is 2.23. The van der Waals surface area contributed by atoms with Crippen LogP contribution in [-0.2, 0) is 13.0 Å². The van der Waals surface area contributed by atoms with E-state index in [2.05, 4.69) is 43.2 Å². The molecule has 0 aliphatic heterocycles. The van der Waals surface area contributed by atoms with Gasteiger partial charge in [0.1, 0.15) is 5.75 Å². The van der Waals surface area contributed by atoms with Gasteiger partial charge in [-0.3, -0.25) is 0 Å². The summed E-state index contributed by atoms with van der Waals surface area (Å²) in [6.07, 6.45) is 0.904. The van der Waals surface area contributed by atoms with E-state index in [9.17, 15) is 0 Å². The molecule has 1 heterocycles. The first kappa shape index (κ1) is 14.5. The van der Waals surface area contributed by atoms with Gasteiger partial charge in [-0.05, 0) is 62.2 Å². The maximum atomic E-state index is 5.90. The van der Waals surface area contributed by atoms with Gasteiger partial charge in [0, 0.05) is 18.3 Å². The Labute approximate surface area is 121 Å². The molecular formula is C17H22N2O. The Morgan fingerprint density at radius 3 is 2.55 bits per heavy atom. The molecule has 1 aromatic carbocycles. The second-order valence-electron chi connectivity index (χ2n) is 5.04. The van der Waals surface area contributed by atoms with Crippen LogP contribution in [0, 0.1) is 13.8 Å². The summed E-state index contributed by atoms with van der Waals surface area (Å²) in [4.78, 5) is 4.53. The summed E-state index contributed by atoms with van der Waals surface area (Å²) in [5, 5.41) is 3.16. The number of aryl methyl sites for hydroxylation is 3. The van der Waals surface area contributed by atoms with E-state index in [1.807, 2.05) is 25.2 Å². The highest BCUT2D eigenvalue weighted by molar-refractivity contribution is 5.36. The lowest BCUT2D eigenvalue weighted by atomic mass is 10.1. The number of hydrogen-bond donors (Lipinski definition) is 1. The fourth-order valence-electron chi connectivity index (χ4n) is 2.06. The number of aromatic nitrogens is 1. The van der Waals surface area contributed by atoms with Crippen LogP contribution in [0.25, 0.3) is 0 Å². The minimum Gasteiger partial charge on any atom is -0.439 e. The van der Waals surface area contributed by atoms with Crippen LogP contribution >= 0.6 is 0 Å². The molecule has 0 aliphatic rings. The molecule has 1 aromatic heterocycles. The van der Waals surface area contributed by atoms with Crippen molar-refractivity contribution in [2.75, 3.05) is 7.05 Å². The van der Waals surface area contributed by atoms with Crippen molar-refractivity contribution in [1.29, 1.82) is 0 Å². The molecule has 1 N–H and O–H groups in total. The van der Waals surface area contributed by atoms with E-state index in [4.69, 9.17) is 4.74 Å². The summed E-state index contributed by atoms with van der Waals surface area (Å²) in [5.74, 6) is 1.50. The van der Waals surface area contributed by atoms with Gasteiger partial charge in [-0.2, -0.15) is 0 Å². The highest BCUT2D eigenvalue weighted by Gasteiger charge is 2.05. The third-order valence-corrected chi connectivity index (χ3v) is 3.36. The van der Waals surface area contributed by atoms with Crippen LogP contribution < -0.4 is 10.1 Å². The Bertz CT molecular complexity index is 594. The van der Waals surface area contributed by atoms with E-state index in [0.29, 0.717) is 5.88 Å². The Kier molecular flexibility index (Phi) is 4.74. The minimum absolute atomic E-state index is 0.665. The molecule has 0 atom stereocenters. The normalized spacial score (nSPS) is 10.6. The van der Waals surface area contributed by atoms with Crippen LogP contribution in [0.1, 0.15) is 29.3 Å². The zero-order valence-electron chi connectivity index (χ0n) is 12.7. The maximum absolute atomic E-state index is 5.90. The minimum atomic E-state index is 0.665. The quantitative estimate of drug-likeness (QED) is 0.898. The van der Waals surface area contributed by atoms with Crippen LogP contribution in [0.15, 0.2) is 30.3 Å². The van der Waals surface area contributed by atoms with Gasteiger partial charge in [-0.25, -0.2) is 4.98 Å². The molecule has 20 heavy (non-hydrogen) atoms. The van der Waals surface area contributed by atoms with Crippen LogP contribution in [0.5, 0.6) is 11.6 Å². The standard InChI is InChI=1S/C17H22N2O/c1-5-15-9-14(11-18-4)10-17(19-15)20-16-7-6-12(2)13(3)8-16/h6-10,18H,5,11H2,1-4H3. The predicted octanol–water partition coefficient (Wildman–Crippen LogP) is 3.77. The second kappa shape index (κ2) is 6.53. The number of nitrogens with one attached hydrogen (secondary N) is 1. The van der Waals surface area contributed by atoms with Crippen molar-refractivity contribution < 1.29 is 4.74 Å². The number of pyridine rings is 1. The topological polar surface area (TPSA) is 34.1 Å². The fraction of sp³-hybridized carbons (Fsp3) is 0.353. The van der Waals surface area contributed by atoms with Crippen molar-refractivity contribution in [2.24, 2.45) is 0 Å². The van der Waals surface area contributed by atoms with E-state index in [1.165, 1.54) is 16.7 Å². The van der Waals surface area contributed by atoms with E-state index in [1.54, 1.807) is 0 Å². The molecule has 0 amide bonds. The van der Waals surface area contributed by atoms with Gasteiger partial charge in [0.05, 0.1) is 0 Å².